The predicted molar refractivity (Wildman–Crippen MR) is 95.9 cm³/mol. The number of hydrogen-bond donors (Lipinski definition) is 2. The van der Waals surface area contributed by atoms with E-state index in [9.17, 15) is 9.18 Å². The Balaban J connectivity index is 1.51. The fraction of sp³-hybridized carbons (Fsp3) is 0.316. The first-order chi connectivity index (χ1) is 12.1. The molecule has 25 heavy (non-hydrogen) atoms. The predicted octanol–water partition coefficient (Wildman–Crippen LogP) is 2.22. The van der Waals surface area contributed by atoms with Crippen LogP contribution in [0.5, 0.6) is 0 Å². The van der Waals surface area contributed by atoms with E-state index >= 15 is 0 Å². The lowest BCUT2D eigenvalue weighted by molar-refractivity contribution is -0.120. The summed E-state index contributed by atoms with van der Waals surface area (Å²) in [6.45, 7) is 1.48. The van der Waals surface area contributed by atoms with Crippen molar-refractivity contribution in [2.45, 2.75) is 18.5 Å². The van der Waals surface area contributed by atoms with Gasteiger partial charge in [0.15, 0.2) is 0 Å². The van der Waals surface area contributed by atoms with Crippen LogP contribution in [0, 0.1) is 5.82 Å². The monoisotopic (exact) mass is 340 g/mol. The highest BCUT2D eigenvalue weighted by atomic mass is 19.1. The zero-order valence-electron chi connectivity index (χ0n) is 14.1. The van der Waals surface area contributed by atoms with Crippen molar-refractivity contribution in [3.05, 3.63) is 59.9 Å². The number of rotatable bonds is 2. The van der Waals surface area contributed by atoms with Crippen LogP contribution in [0.3, 0.4) is 0 Å². The Labute approximate surface area is 146 Å². The molecule has 130 valence electrons. The van der Waals surface area contributed by atoms with Crippen LogP contribution in [0.2, 0.25) is 0 Å². The Morgan fingerprint density at radius 3 is 2.52 bits per heavy atom. The van der Waals surface area contributed by atoms with E-state index in [0.29, 0.717) is 13.0 Å². The van der Waals surface area contributed by atoms with E-state index in [1.165, 1.54) is 12.1 Å². The summed E-state index contributed by atoms with van der Waals surface area (Å²) in [7, 11) is 2.04. The Morgan fingerprint density at radius 2 is 1.76 bits per heavy atom. The third kappa shape index (κ3) is 2.99. The molecule has 0 bridgehead atoms. The normalized spacial score (nSPS) is 22.8. The highest BCUT2D eigenvalue weighted by Gasteiger charge is 2.35. The topological polar surface area (TPSA) is 47.6 Å². The first-order valence-electron chi connectivity index (χ1n) is 8.51. The summed E-state index contributed by atoms with van der Waals surface area (Å²) in [6.07, 6.45) is 0.638. The summed E-state index contributed by atoms with van der Waals surface area (Å²) in [5, 5.41) is 0. The Kier molecular flexibility index (Phi) is 4.15. The van der Waals surface area contributed by atoms with Gasteiger partial charge in [0.1, 0.15) is 11.9 Å². The number of amides is 1. The molecular weight excluding hydrogens is 319 g/mol. The number of hydrogen-bond acceptors (Lipinski definition) is 4. The lowest BCUT2D eigenvalue weighted by Crippen LogP contribution is -2.50. The van der Waals surface area contributed by atoms with Gasteiger partial charge in [-0.05, 0) is 36.2 Å². The number of anilines is 2. The minimum Gasteiger partial charge on any atom is -0.371 e. The lowest BCUT2D eigenvalue weighted by Gasteiger charge is -2.36. The van der Waals surface area contributed by atoms with Crippen molar-refractivity contribution in [1.29, 1.82) is 0 Å². The number of para-hydroxylation sites is 2. The molecule has 2 atom stereocenters. The zero-order valence-corrected chi connectivity index (χ0v) is 14.1. The van der Waals surface area contributed by atoms with Gasteiger partial charge in [-0.15, -0.1) is 0 Å². The van der Waals surface area contributed by atoms with E-state index < -0.39 is 0 Å². The van der Waals surface area contributed by atoms with Crippen LogP contribution in [0.25, 0.3) is 0 Å². The number of likely N-dealkylation sites (N-methyl/N-ethyl adjacent to an activating group) is 1. The number of halogens is 1. The van der Waals surface area contributed by atoms with Crippen LogP contribution < -0.4 is 20.7 Å². The number of carbonyl (C=O) groups excluding carboxylic acids is 1. The second-order valence-electron chi connectivity index (χ2n) is 6.58. The van der Waals surface area contributed by atoms with Crippen molar-refractivity contribution >= 4 is 17.3 Å². The molecule has 2 unspecified atom stereocenters. The van der Waals surface area contributed by atoms with Gasteiger partial charge < -0.3 is 9.80 Å². The molecule has 2 heterocycles. The second kappa shape index (κ2) is 6.46. The Morgan fingerprint density at radius 1 is 1.04 bits per heavy atom. The number of nitrogens with one attached hydrogen (secondary N) is 2. The molecular formula is C19H21FN4O. The van der Waals surface area contributed by atoms with Crippen LogP contribution in [-0.2, 0) is 4.79 Å². The van der Waals surface area contributed by atoms with Gasteiger partial charge in [0, 0.05) is 26.2 Å². The summed E-state index contributed by atoms with van der Waals surface area (Å²) in [5.41, 5.74) is 9.27. The van der Waals surface area contributed by atoms with Crippen molar-refractivity contribution in [1.82, 2.24) is 10.9 Å². The molecule has 2 aliphatic rings. The average molecular weight is 340 g/mol. The van der Waals surface area contributed by atoms with Gasteiger partial charge in [-0.3, -0.25) is 4.79 Å². The minimum atomic E-state index is -0.300. The van der Waals surface area contributed by atoms with Gasteiger partial charge in [-0.25, -0.2) is 15.2 Å². The van der Waals surface area contributed by atoms with Gasteiger partial charge in [0.2, 0.25) is 5.91 Å². The molecule has 0 saturated carbocycles. The number of nitrogens with zero attached hydrogens (tertiary/aromatic N) is 2. The first kappa shape index (κ1) is 16.1. The molecule has 0 radical (unpaired) electrons. The van der Waals surface area contributed by atoms with Crippen LogP contribution in [0.1, 0.15) is 18.0 Å². The third-order valence-electron chi connectivity index (χ3n) is 4.98. The molecule has 1 saturated heterocycles. The molecule has 2 N–H and O–H groups in total. The molecule has 6 heteroatoms. The van der Waals surface area contributed by atoms with Crippen LogP contribution in [0.4, 0.5) is 15.8 Å². The Hall–Kier alpha value is -2.44. The largest absolute Gasteiger partial charge is 0.371 e. The summed E-state index contributed by atoms with van der Waals surface area (Å²) in [4.78, 5) is 17.1. The summed E-state index contributed by atoms with van der Waals surface area (Å²) >= 11 is 0. The van der Waals surface area contributed by atoms with E-state index in [0.717, 1.165) is 23.5 Å². The minimum absolute atomic E-state index is 0.00254. The van der Waals surface area contributed by atoms with Crippen molar-refractivity contribution in [2.24, 2.45) is 0 Å². The van der Waals surface area contributed by atoms with Crippen LogP contribution in [-0.4, -0.2) is 32.1 Å². The van der Waals surface area contributed by atoms with Crippen molar-refractivity contribution < 1.29 is 9.18 Å². The molecule has 2 aliphatic heterocycles. The number of hydrazine groups is 1. The van der Waals surface area contributed by atoms with Gasteiger partial charge in [-0.1, -0.05) is 24.3 Å². The van der Waals surface area contributed by atoms with Gasteiger partial charge in [0.25, 0.3) is 0 Å². The van der Waals surface area contributed by atoms with Gasteiger partial charge in [-0.2, -0.15) is 0 Å². The van der Waals surface area contributed by atoms with Gasteiger partial charge in [0.05, 0.1) is 11.4 Å². The fourth-order valence-electron chi connectivity index (χ4n) is 3.55. The number of fused-ring (bicyclic) bond motifs is 1. The average Bonchev–Trinajstić information content (AvgIpc) is 3.12. The van der Waals surface area contributed by atoms with Crippen molar-refractivity contribution in [2.75, 3.05) is 29.9 Å². The molecule has 0 aromatic heterocycles. The molecule has 0 spiro atoms. The number of benzene rings is 2. The molecule has 2 aromatic carbocycles. The molecule has 2 aromatic rings. The van der Waals surface area contributed by atoms with E-state index in [2.05, 4.69) is 15.8 Å². The van der Waals surface area contributed by atoms with Crippen LogP contribution >= 0.6 is 0 Å². The quantitative estimate of drug-likeness (QED) is 0.880. The summed E-state index contributed by atoms with van der Waals surface area (Å²) in [5.74, 6) is -0.186. The zero-order chi connectivity index (χ0) is 17.4. The lowest BCUT2D eigenvalue weighted by atomic mass is 10.0. The highest BCUT2D eigenvalue weighted by Crippen LogP contribution is 2.33. The molecule has 1 amide bonds. The highest BCUT2D eigenvalue weighted by molar-refractivity contribution is 6.01. The van der Waals surface area contributed by atoms with E-state index in [-0.39, 0.29) is 23.8 Å². The van der Waals surface area contributed by atoms with E-state index in [4.69, 9.17) is 0 Å². The first-order valence-corrected chi connectivity index (χ1v) is 8.51. The third-order valence-corrected chi connectivity index (χ3v) is 4.98. The maximum atomic E-state index is 13.1. The van der Waals surface area contributed by atoms with Crippen LogP contribution in [0.15, 0.2) is 48.5 Å². The smallest absolute Gasteiger partial charge is 0.245 e. The van der Waals surface area contributed by atoms with Crippen molar-refractivity contribution in [3.8, 4) is 0 Å². The summed E-state index contributed by atoms with van der Waals surface area (Å²) in [6, 6.07) is 14.1. The fourth-order valence-corrected chi connectivity index (χ4v) is 3.55. The maximum Gasteiger partial charge on any atom is 0.245 e. The maximum absolute atomic E-state index is 13.1. The molecule has 0 aliphatic carbocycles. The second-order valence-corrected chi connectivity index (χ2v) is 6.58. The molecule has 1 fully saturated rings. The standard InChI is InChI=1S/C19H21FN4O/c1-23-10-11-24(18-5-3-2-4-17(18)23)19(25)16-12-15(21-22-16)13-6-8-14(20)9-7-13/h2-9,15-16,21-22H,10-12H2,1H3. The molecule has 4 rings (SSSR count). The SMILES string of the molecule is CN1CCN(C(=O)C2CC(c3ccc(F)cc3)NN2)c2ccccc21. The molecule has 5 nitrogen and oxygen atoms in total. The number of carbonyl (C=O) groups is 1. The van der Waals surface area contributed by atoms with E-state index in [1.54, 1.807) is 12.1 Å². The van der Waals surface area contributed by atoms with Gasteiger partial charge >= 0.3 is 0 Å². The van der Waals surface area contributed by atoms with E-state index in [1.807, 2.05) is 36.2 Å². The summed E-state index contributed by atoms with van der Waals surface area (Å²) < 4.78 is 13.1. The Bertz CT molecular complexity index is 779. The van der Waals surface area contributed by atoms with Crippen molar-refractivity contribution in [3.63, 3.8) is 0 Å².